The fourth-order valence-corrected chi connectivity index (χ4v) is 3.65. The summed E-state index contributed by atoms with van der Waals surface area (Å²) < 4.78 is 12.5. The van der Waals surface area contributed by atoms with Crippen LogP contribution in [0.1, 0.15) is 45.1 Å². The predicted octanol–water partition coefficient (Wildman–Crippen LogP) is 5.42. The zero-order valence-corrected chi connectivity index (χ0v) is 20.0. The van der Waals surface area contributed by atoms with E-state index in [2.05, 4.69) is 29.2 Å². The van der Waals surface area contributed by atoms with Crippen molar-refractivity contribution in [2.75, 3.05) is 25.6 Å². The molecule has 1 N–H and O–H groups in total. The molecule has 0 fully saturated rings. The SMILES string of the molecule is CCCCC(CC)C(=O)Nc1ccc(-n2nc(OCCOC)nc2-c2ccccc2C)cc1. The second-order valence-corrected chi connectivity index (χ2v) is 8.07. The Labute approximate surface area is 196 Å². The van der Waals surface area contributed by atoms with Gasteiger partial charge in [-0.3, -0.25) is 4.79 Å². The van der Waals surface area contributed by atoms with Gasteiger partial charge in [0.05, 0.1) is 12.3 Å². The number of hydrogen-bond donors (Lipinski definition) is 1. The minimum absolute atomic E-state index is 0.0411. The van der Waals surface area contributed by atoms with E-state index in [0.29, 0.717) is 25.0 Å². The van der Waals surface area contributed by atoms with E-state index in [1.807, 2.05) is 55.5 Å². The van der Waals surface area contributed by atoms with E-state index in [1.54, 1.807) is 11.8 Å². The van der Waals surface area contributed by atoms with E-state index in [1.165, 1.54) is 0 Å². The van der Waals surface area contributed by atoms with Crippen molar-refractivity contribution in [2.24, 2.45) is 5.92 Å². The first-order chi connectivity index (χ1) is 16.1. The van der Waals surface area contributed by atoms with Gasteiger partial charge in [-0.05, 0) is 49.6 Å². The molecule has 0 bridgehead atoms. The molecule has 1 unspecified atom stereocenters. The molecule has 1 heterocycles. The Kier molecular flexibility index (Phi) is 9.01. The molecule has 0 radical (unpaired) electrons. The first-order valence-corrected chi connectivity index (χ1v) is 11.6. The van der Waals surface area contributed by atoms with Crippen molar-refractivity contribution in [3.63, 3.8) is 0 Å². The molecular formula is C26H34N4O3. The summed E-state index contributed by atoms with van der Waals surface area (Å²) in [5.74, 6) is 0.816. The number of rotatable bonds is 12. The molecule has 33 heavy (non-hydrogen) atoms. The normalized spacial score (nSPS) is 11.9. The number of nitrogens with one attached hydrogen (secondary N) is 1. The summed E-state index contributed by atoms with van der Waals surface area (Å²) in [5, 5.41) is 7.63. The Hall–Kier alpha value is -3.19. The van der Waals surface area contributed by atoms with Crippen molar-refractivity contribution >= 4 is 11.6 Å². The minimum Gasteiger partial charge on any atom is -0.460 e. The lowest BCUT2D eigenvalue weighted by Gasteiger charge is -2.15. The maximum atomic E-state index is 12.6. The molecule has 176 valence electrons. The Morgan fingerprint density at radius 3 is 2.52 bits per heavy atom. The summed E-state index contributed by atoms with van der Waals surface area (Å²) in [5.41, 5.74) is 3.67. The largest absolute Gasteiger partial charge is 0.460 e. The van der Waals surface area contributed by atoms with E-state index in [-0.39, 0.29) is 11.8 Å². The molecule has 1 aromatic heterocycles. The van der Waals surface area contributed by atoms with Gasteiger partial charge in [-0.1, -0.05) is 51.0 Å². The number of carbonyl (C=O) groups is 1. The summed E-state index contributed by atoms with van der Waals surface area (Å²) >= 11 is 0. The van der Waals surface area contributed by atoms with Gasteiger partial charge in [0, 0.05) is 24.3 Å². The van der Waals surface area contributed by atoms with Crippen LogP contribution < -0.4 is 10.1 Å². The third-order valence-corrected chi connectivity index (χ3v) is 5.64. The highest BCUT2D eigenvalue weighted by Crippen LogP contribution is 2.27. The van der Waals surface area contributed by atoms with Gasteiger partial charge in [0.2, 0.25) is 5.91 Å². The molecule has 1 atom stereocenters. The standard InChI is InChI=1S/C26H34N4O3/c1-5-7-11-20(6-2)25(31)27-21-13-15-22(16-14-21)30-24(23-12-9-8-10-19(23)3)28-26(29-30)33-18-17-32-4/h8-10,12-16,20H,5-7,11,17-18H2,1-4H3,(H,27,31). The molecule has 0 aliphatic carbocycles. The molecular weight excluding hydrogens is 416 g/mol. The van der Waals surface area contributed by atoms with Gasteiger partial charge in [0.15, 0.2) is 5.82 Å². The lowest BCUT2D eigenvalue weighted by molar-refractivity contribution is -0.120. The Bertz CT molecular complexity index is 1030. The number of anilines is 1. The minimum atomic E-state index is 0.0411. The van der Waals surface area contributed by atoms with Crippen LogP contribution in [0.4, 0.5) is 5.69 Å². The molecule has 0 saturated heterocycles. The molecule has 2 aromatic carbocycles. The van der Waals surface area contributed by atoms with Gasteiger partial charge < -0.3 is 14.8 Å². The first kappa shape index (κ1) is 24.5. The van der Waals surface area contributed by atoms with Crippen LogP contribution in [0.15, 0.2) is 48.5 Å². The monoisotopic (exact) mass is 450 g/mol. The van der Waals surface area contributed by atoms with Crippen molar-refractivity contribution in [2.45, 2.75) is 46.5 Å². The molecule has 0 aliphatic heterocycles. The first-order valence-electron chi connectivity index (χ1n) is 11.6. The van der Waals surface area contributed by atoms with Crippen LogP contribution in [0.2, 0.25) is 0 Å². The smallest absolute Gasteiger partial charge is 0.336 e. The van der Waals surface area contributed by atoms with Crippen LogP contribution in [0.5, 0.6) is 6.01 Å². The Morgan fingerprint density at radius 2 is 1.85 bits per heavy atom. The van der Waals surface area contributed by atoms with Crippen LogP contribution in [0.25, 0.3) is 17.1 Å². The predicted molar refractivity (Wildman–Crippen MR) is 131 cm³/mol. The topological polar surface area (TPSA) is 78.3 Å². The number of amides is 1. The van der Waals surface area contributed by atoms with Crippen molar-refractivity contribution in [3.05, 3.63) is 54.1 Å². The van der Waals surface area contributed by atoms with E-state index in [9.17, 15) is 4.79 Å². The number of methoxy groups -OCH3 is 1. The van der Waals surface area contributed by atoms with Gasteiger partial charge in [0.1, 0.15) is 6.61 Å². The van der Waals surface area contributed by atoms with Gasteiger partial charge >= 0.3 is 6.01 Å². The van der Waals surface area contributed by atoms with E-state index >= 15 is 0 Å². The summed E-state index contributed by atoms with van der Waals surface area (Å²) in [4.78, 5) is 17.3. The Morgan fingerprint density at radius 1 is 1.09 bits per heavy atom. The van der Waals surface area contributed by atoms with Crippen LogP contribution in [-0.4, -0.2) is 41.0 Å². The second-order valence-electron chi connectivity index (χ2n) is 8.07. The Balaban J connectivity index is 1.84. The highest BCUT2D eigenvalue weighted by atomic mass is 16.5. The zero-order chi connectivity index (χ0) is 23.6. The highest BCUT2D eigenvalue weighted by Gasteiger charge is 2.18. The fourth-order valence-electron chi connectivity index (χ4n) is 3.65. The van der Waals surface area contributed by atoms with Crippen LogP contribution in [0, 0.1) is 12.8 Å². The number of carbonyl (C=O) groups excluding carboxylic acids is 1. The molecule has 3 aromatic rings. The van der Waals surface area contributed by atoms with Crippen LogP contribution in [-0.2, 0) is 9.53 Å². The van der Waals surface area contributed by atoms with E-state index < -0.39 is 0 Å². The van der Waals surface area contributed by atoms with Gasteiger partial charge in [-0.2, -0.15) is 4.98 Å². The number of ether oxygens (including phenoxy) is 2. The number of nitrogens with zero attached hydrogens (tertiary/aromatic N) is 3. The van der Waals surface area contributed by atoms with Crippen molar-refractivity contribution in [1.29, 1.82) is 0 Å². The maximum absolute atomic E-state index is 12.6. The number of aromatic nitrogens is 3. The summed E-state index contributed by atoms with van der Waals surface area (Å²) in [6.45, 7) is 7.08. The second kappa shape index (κ2) is 12.2. The fraction of sp³-hybridized carbons (Fsp3) is 0.423. The van der Waals surface area contributed by atoms with Crippen LogP contribution in [0.3, 0.4) is 0 Å². The van der Waals surface area contributed by atoms with Gasteiger partial charge in [0.25, 0.3) is 0 Å². The van der Waals surface area contributed by atoms with Crippen molar-refractivity contribution in [1.82, 2.24) is 14.8 Å². The average Bonchev–Trinajstić information content (AvgIpc) is 3.24. The van der Waals surface area contributed by atoms with E-state index in [0.717, 1.165) is 48.2 Å². The molecule has 7 heteroatoms. The van der Waals surface area contributed by atoms with Gasteiger partial charge in [-0.15, -0.1) is 5.10 Å². The molecule has 0 aliphatic rings. The maximum Gasteiger partial charge on any atom is 0.336 e. The molecule has 3 rings (SSSR count). The highest BCUT2D eigenvalue weighted by molar-refractivity contribution is 5.92. The quantitative estimate of drug-likeness (QED) is 0.373. The number of aryl methyl sites for hydroxylation is 1. The zero-order valence-electron chi connectivity index (χ0n) is 20.0. The van der Waals surface area contributed by atoms with Gasteiger partial charge in [-0.25, -0.2) is 4.68 Å². The van der Waals surface area contributed by atoms with Crippen molar-refractivity contribution < 1.29 is 14.3 Å². The average molecular weight is 451 g/mol. The third kappa shape index (κ3) is 6.42. The molecule has 0 spiro atoms. The summed E-state index contributed by atoms with van der Waals surface area (Å²) in [7, 11) is 1.63. The lowest BCUT2D eigenvalue weighted by atomic mass is 9.98. The van der Waals surface area contributed by atoms with Crippen molar-refractivity contribution in [3.8, 4) is 23.1 Å². The summed E-state index contributed by atoms with van der Waals surface area (Å²) in [6.07, 6.45) is 3.92. The summed E-state index contributed by atoms with van der Waals surface area (Å²) in [6, 6.07) is 16.0. The molecule has 7 nitrogen and oxygen atoms in total. The lowest BCUT2D eigenvalue weighted by Crippen LogP contribution is -2.22. The number of benzene rings is 2. The number of unbranched alkanes of at least 4 members (excludes halogenated alkanes) is 1. The van der Waals surface area contributed by atoms with E-state index in [4.69, 9.17) is 9.47 Å². The third-order valence-electron chi connectivity index (χ3n) is 5.64. The molecule has 0 saturated carbocycles. The van der Waals surface area contributed by atoms with Crippen LogP contribution >= 0.6 is 0 Å². The molecule has 1 amide bonds. The number of hydrogen-bond acceptors (Lipinski definition) is 5.